The number of thiophene rings is 1. The van der Waals surface area contributed by atoms with Crippen molar-refractivity contribution in [3.63, 3.8) is 0 Å². The van der Waals surface area contributed by atoms with Crippen LogP contribution in [0.5, 0.6) is 0 Å². The summed E-state index contributed by atoms with van der Waals surface area (Å²) in [5.41, 5.74) is 0.678. The lowest BCUT2D eigenvalue weighted by molar-refractivity contribution is -0.134. The smallest absolute Gasteiger partial charge is 0.252 e. The Labute approximate surface area is 139 Å². The first kappa shape index (κ1) is 15.1. The Hall–Kier alpha value is -1.40. The number of nitrogens with zero attached hydrogens (tertiary/aromatic N) is 1. The normalized spacial score (nSPS) is 34.1. The zero-order valence-corrected chi connectivity index (χ0v) is 13.8. The molecule has 23 heavy (non-hydrogen) atoms. The van der Waals surface area contributed by atoms with Crippen LogP contribution in [-0.4, -0.2) is 47.1 Å². The lowest BCUT2D eigenvalue weighted by Gasteiger charge is -2.29. The Balaban J connectivity index is 1.24. The lowest BCUT2D eigenvalue weighted by Crippen LogP contribution is -2.43. The number of rotatable bonds is 5. The zero-order chi connectivity index (χ0) is 16.0. The first-order valence-corrected chi connectivity index (χ1v) is 9.37. The van der Waals surface area contributed by atoms with Gasteiger partial charge in [-0.25, -0.2) is 0 Å². The lowest BCUT2D eigenvalue weighted by atomic mass is 9.88. The molecule has 0 aromatic carbocycles. The highest BCUT2D eigenvalue weighted by Gasteiger charge is 2.59. The fraction of sp³-hybridized carbons (Fsp3) is 0.647. The molecule has 2 heterocycles. The summed E-state index contributed by atoms with van der Waals surface area (Å²) >= 11 is 1.50. The number of hydrogen-bond acceptors (Lipinski definition) is 4. The van der Waals surface area contributed by atoms with Gasteiger partial charge >= 0.3 is 0 Å². The summed E-state index contributed by atoms with van der Waals surface area (Å²) in [6, 6.07) is 1.86. The topological polar surface area (TPSA) is 69.6 Å². The molecule has 3 aliphatic rings. The van der Waals surface area contributed by atoms with E-state index < -0.39 is 0 Å². The molecule has 124 valence electrons. The summed E-state index contributed by atoms with van der Waals surface area (Å²) < 4.78 is 0. The van der Waals surface area contributed by atoms with Gasteiger partial charge in [0, 0.05) is 30.5 Å². The van der Waals surface area contributed by atoms with Crippen molar-refractivity contribution in [1.29, 1.82) is 0 Å². The molecule has 5 nitrogen and oxygen atoms in total. The minimum atomic E-state index is -0.319. The molecule has 0 spiro atoms. The third kappa shape index (κ3) is 2.58. The monoisotopic (exact) mass is 334 g/mol. The number of carbonyl (C=O) groups is 2. The zero-order valence-electron chi connectivity index (χ0n) is 13.0. The molecule has 2 saturated carbocycles. The Morgan fingerprint density at radius 2 is 2.22 bits per heavy atom. The molecule has 2 N–H and O–H groups in total. The van der Waals surface area contributed by atoms with Gasteiger partial charge in [-0.05, 0) is 48.5 Å². The van der Waals surface area contributed by atoms with Gasteiger partial charge in [-0.3, -0.25) is 9.59 Å². The van der Waals surface area contributed by atoms with Crippen LogP contribution in [0, 0.1) is 17.8 Å². The third-order valence-electron chi connectivity index (χ3n) is 5.81. The first-order valence-electron chi connectivity index (χ1n) is 8.43. The molecule has 1 aromatic rings. The number of carbonyl (C=O) groups excluding carboxylic acids is 2. The Morgan fingerprint density at radius 1 is 1.35 bits per heavy atom. The molecule has 0 radical (unpaired) electrons. The van der Waals surface area contributed by atoms with Crippen molar-refractivity contribution >= 4 is 23.2 Å². The molecular formula is C17H22N2O3S. The predicted molar refractivity (Wildman–Crippen MR) is 87.1 cm³/mol. The van der Waals surface area contributed by atoms with Gasteiger partial charge in [-0.15, -0.1) is 0 Å². The second-order valence-electron chi connectivity index (χ2n) is 7.05. The van der Waals surface area contributed by atoms with E-state index in [1.807, 2.05) is 15.7 Å². The van der Waals surface area contributed by atoms with E-state index in [-0.39, 0.29) is 24.0 Å². The SMILES string of the molecule is O=C(NCCCC(=O)N1CC2CC3CC2C1C3O)c1ccsc1. The van der Waals surface area contributed by atoms with E-state index in [0.29, 0.717) is 42.7 Å². The summed E-state index contributed by atoms with van der Waals surface area (Å²) in [6.07, 6.45) is 2.95. The second-order valence-corrected chi connectivity index (χ2v) is 7.83. The van der Waals surface area contributed by atoms with Gasteiger partial charge < -0.3 is 15.3 Å². The standard InChI is InChI=1S/C17H22N2O3S/c20-14(2-1-4-18-17(22)10-3-5-23-9-10)19-8-12-6-11-7-13(12)15(19)16(11)21/h3,5,9,11-13,15-16,21H,1-2,4,6-8H2,(H,18,22). The van der Waals surface area contributed by atoms with E-state index in [1.165, 1.54) is 11.3 Å². The van der Waals surface area contributed by atoms with Crippen molar-refractivity contribution in [3.8, 4) is 0 Å². The van der Waals surface area contributed by atoms with Gasteiger partial charge in [0.05, 0.1) is 12.1 Å². The van der Waals surface area contributed by atoms with Crippen LogP contribution in [0.15, 0.2) is 16.8 Å². The highest BCUT2D eigenvalue weighted by atomic mass is 32.1. The summed E-state index contributed by atoms with van der Waals surface area (Å²) in [7, 11) is 0. The van der Waals surface area contributed by atoms with Gasteiger partial charge in [0.25, 0.3) is 5.91 Å². The number of nitrogens with one attached hydrogen (secondary N) is 1. The summed E-state index contributed by atoms with van der Waals surface area (Å²) in [6.45, 7) is 1.33. The van der Waals surface area contributed by atoms with Crippen molar-refractivity contribution in [2.75, 3.05) is 13.1 Å². The number of likely N-dealkylation sites (tertiary alicyclic amines) is 1. The first-order chi connectivity index (χ1) is 11.1. The van der Waals surface area contributed by atoms with Crippen LogP contribution in [0.1, 0.15) is 36.0 Å². The number of aliphatic hydroxyl groups excluding tert-OH is 1. The second kappa shape index (κ2) is 5.91. The van der Waals surface area contributed by atoms with Gasteiger partial charge in [0.15, 0.2) is 0 Å². The predicted octanol–water partition coefficient (Wildman–Crippen LogP) is 1.49. The van der Waals surface area contributed by atoms with Crippen LogP contribution in [0.3, 0.4) is 0 Å². The Morgan fingerprint density at radius 3 is 2.96 bits per heavy atom. The van der Waals surface area contributed by atoms with E-state index in [9.17, 15) is 14.7 Å². The molecule has 3 fully saturated rings. The molecule has 1 aromatic heterocycles. The fourth-order valence-electron chi connectivity index (χ4n) is 4.78. The number of amides is 2. The molecule has 2 amide bonds. The van der Waals surface area contributed by atoms with Crippen LogP contribution in [0.2, 0.25) is 0 Å². The van der Waals surface area contributed by atoms with Crippen molar-refractivity contribution in [1.82, 2.24) is 10.2 Å². The molecule has 2 aliphatic carbocycles. The maximum atomic E-state index is 12.5. The van der Waals surface area contributed by atoms with Crippen LogP contribution in [-0.2, 0) is 4.79 Å². The largest absolute Gasteiger partial charge is 0.391 e. The minimum Gasteiger partial charge on any atom is -0.391 e. The van der Waals surface area contributed by atoms with Crippen LogP contribution in [0.25, 0.3) is 0 Å². The molecule has 2 bridgehead atoms. The van der Waals surface area contributed by atoms with Gasteiger partial charge in [-0.1, -0.05) is 0 Å². The highest BCUT2D eigenvalue weighted by molar-refractivity contribution is 7.08. The average molecular weight is 334 g/mol. The van der Waals surface area contributed by atoms with Gasteiger partial charge in [0.2, 0.25) is 5.91 Å². The van der Waals surface area contributed by atoms with Crippen LogP contribution in [0.4, 0.5) is 0 Å². The molecule has 1 saturated heterocycles. The molecule has 4 rings (SSSR count). The minimum absolute atomic E-state index is 0.0617. The Bertz CT molecular complexity index is 601. The van der Waals surface area contributed by atoms with E-state index in [2.05, 4.69) is 5.32 Å². The quantitative estimate of drug-likeness (QED) is 0.802. The third-order valence-corrected chi connectivity index (χ3v) is 6.49. The van der Waals surface area contributed by atoms with E-state index in [1.54, 1.807) is 6.07 Å². The van der Waals surface area contributed by atoms with Crippen molar-refractivity contribution in [2.45, 2.75) is 37.8 Å². The molecule has 6 heteroatoms. The van der Waals surface area contributed by atoms with Crippen molar-refractivity contribution < 1.29 is 14.7 Å². The highest BCUT2D eigenvalue weighted by Crippen LogP contribution is 2.54. The van der Waals surface area contributed by atoms with Crippen molar-refractivity contribution in [2.24, 2.45) is 17.8 Å². The van der Waals surface area contributed by atoms with Gasteiger partial charge in [-0.2, -0.15) is 11.3 Å². The number of aliphatic hydroxyl groups is 1. The molecule has 5 unspecified atom stereocenters. The average Bonchev–Trinajstić information content (AvgIpc) is 3.26. The van der Waals surface area contributed by atoms with Crippen LogP contribution >= 0.6 is 11.3 Å². The Kier molecular flexibility index (Phi) is 3.89. The summed E-state index contributed by atoms with van der Waals surface area (Å²) in [5, 5.41) is 16.9. The maximum Gasteiger partial charge on any atom is 0.252 e. The van der Waals surface area contributed by atoms with Crippen LogP contribution < -0.4 is 5.32 Å². The van der Waals surface area contributed by atoms with E-state index in [4.69, 9.17) is 0 Å². The maximum absolute atomic E-state index is 12.5. The van der Waals surface area contributed by atoms with Gasteiger partial charge in [0.1, 0.15) is 0 Å². The van der Waals surface area contributed by atoms with Crippen molar-refractivity contribution in [3.05, 3.63) is 22.4 Å². The molecular weight excluding hydrogens is 312 g/mol. The van der Waals surface area contributed by atoms with E-state index in [0.717, 1.165) is 19.4 Å². The molecule has 1 aliphatic heterocycles. The summed E-state index contributed by atoms with van der Waals surface area (Å²) in [4.78, 5) is 26.2. The fourth-order valence-corrected chi connectivity index (χ4v) is 5.42. The summed E-state index contributed by atoms with van der Waals surface area (Å²) in [5.74, 6) is 1.60. The number of fused-ring (bicyclic) bond motifs is 1. The van der Waals surface area contributed by atoms with E-state index >= 15 is 0 Å². The molecule has 5 atom stereocenters. The number of hydrogen-bond donors (Lipinski definition) is 2.